The van der Waals surface area contributed by atoms with E-state index in [2.05, 4.69) is 5.32 Å². The number of hydrogen-bond acceptors (Lipinski definition) is 5. The van der Waals surface area contributed by atoms with Crippen molar-refractivity contribution in [2.24, 2.45) is 5.73 Å². The number of amides is 2. The van der Waals surface area contributed by atoms with E-state index in [0.29, 0.717) is 30.5 Å². The van der Waals surface area contributed by atoms with Crippen molar-refractivity contribution < 1.29 is 22.8 Å². The van der Waals surface area contributed by atoms with E-state index >= 15 is 0 Å². The van der Waals surface area contributed by atoms with Crippen LogP contribution in [0.15, 0.2) is 23.1 Å². The summed E-state index contributed by atoms with van der Waals surface area (Å²) in [5.41, 5.74) is 5.86. The van der Waals surface area contributed by atoms with Crippen molar-refractivity contribution in [3.8, 4) is 0 Å². The molecule has 0 unspecified atom stereocenters. The van der Waals surface area contributed by atoms with Gasteiger partial charge in [0, 0.05) is 24.8 Å². The molecule has 3 rings (SSSR count). The number of rotatable bonds is 2. The molecule has 1 atom stereocenters. The molecular formula is C15H14F3N3O2S. The SMILES string of the molecule is N[C@H]1CCN(c2ccc(C(F)(F)F)cc2/C=C2\SC(=O)NC2=O)C1. The van der Waals surface area contributed by atoms with Gasteiger partial charge in [0.2, 0.25) is 0 Å². The fourth-order valence-corrected chi connectivity index (χ4v) is 3.38. The van der Waals surface area contributed by atoms with Gasteiger partial charge in [-0.15, -0.1) is 0 Å². The first-order valence-electron chi connectivity index (χ1n) is 7.20. The van der Waals surface area contributed by atoms with Crippen molar-refractivity contribution in [2.75, 3.05) is 18.0 Å². The predicted octanol–water partition coefficient (Wildman–Crippen LogP) is 2.57. The molecule has 24 heavy (non-hydrogen) atoms. The molecule has 1 aromatic rings. The average molecular weight is 357 g/mol. The molecule has 0 saturated carbocycles. The zero-order valence-electron chi connectivity index (χ0n) is 12.4. The maximum absolute atomic E-state index is 13.0. The number of imide groups is 1. The Bertz CT molecular complexity index is 733. The Balaban J connectivity index is 2.04. The first kappa shape index (κ1) is 16.8. The van der Waals surface area contributed by atoms with E-state index in [1.165, 1.54) is 12.1 Å². The minimum absolute atomic E-state index is 0.0430. The zero-order chi connectivity index (χ0) is 17.5. The lowest BCUT2D eigenvalue weighted by Gasteiger charge is -2.22. The minimum atomic E-state index is -4.49. The summed E-state index contributed by atoms with van der Waals surface area (Å²) in [6.07, 6.45) is -2.43. The average Bonchev–Trinajstić information content (AvgIpc) is 3.04. The summed E-state index contributed by atoms with van der Waals surface area (Å²) >= 11 is 0.671. The second-order valence-corrected chi connectivity index (χ2v) is 6.63. The minimum Gasteiger partial charge on any atom is -0.369 e. The molecule has 2 saturated heterocycles. The van der Waals surface area contributed by atoms with Crippen molar-refractivity contribution >= 4 is 34.7 Å². The molecule has 2 fully saturated rings. The highest BCUT2D eigenvalue weighted by Crippen LogP contribution is 2.36. The van der Waals surface area contributed by atoms with Gasteiger partial charge in [-0.3, -0.25) is 14.9 Å². The van der Waals surface area contributed by atoms with Crippen molar-refractivity contribution in [2.45, 2.75) is 18.6 Å². The summed E-state index contributed by atoms with van der Waals surface area (Å²) in [5, 5.41) is 1.55. The monoisotopic (exact) mass is 357 g/mol. The lowest BCUT2D eigenvalue weighted by atomic mass is 10.1. The van der Waals surface area contributed by atoms with Crippen LogP contribution < -0.4 is 16.0 Å². The molecule has 128 valence electrons. The number of nitrogens with zero attached hydrogens (tertiary/aromatic N) is 1. The number of hydrogen-bond donors (Lipinski definition) is 2. The fourth-order valence-electron chi connectivity index (χ4n) is 2.70. The number of halogens is 3. The summed E-state index contributed by atoms with van der Waals surface area (Å²) in [6, 6.07) is 3.34. The standard InChI is InChI=1S/C15H14F3N3O2S/c16-15(17,18)9-1-2-11(21-4-3-10(19)7-21)8(5-9)6-12-13(22)20-14(23)24-12/h1-2,5-6,10H,3-4,7,19H2,(H,20,22,23)/b12-6-/t10-/m0/s1. The molecule has 0 spiro atoms. The van der Waals surface area contributed by atoms with Crippen molar-refractivity contribution in [1.29, 1.82) is 0 Å². The van der Waals surface area contributed by atoms with Crippen LogP contribution in [0.3, 0.4) is 0 Å². The quantitative estimate of drug-likeness (QED) is 0.796. The van der Waals surface area contributed by atoms with Gasteiger partial charge >= 0.3 is 6.18 Å². The normalized spacial score (nSPS) is 23.2. The van der Waals surface area contributed by atoms with Gasteiger partial charge in [-0.1, -0.05) is 0 Å². The second-order valence-electron chi connectivity index (χ2n) is 5.62. The van der Waals surface area contributed by atoms with Gasteiger partial charge in [0.1, 0.15) is 0 Å². The molecule has 0 radical (unpaired) electrons. The Morgan fingerprint density at radius 3 is 2.62 bits per heavy atom. The van der Waals surface area contributed by atoms with Crippen LogP contribution in [0.1, 0.15) is 17.5 Å². The topological polar surface area (TPSA) is 75.4 Å². The third kappa shape index (κ3) is 3.41. The molecule has 0 aromatic heterocycles. The maximum Gasteiger partial charge on any atom is 0.416 e. The summed E-state index contributed by atoms with van der Waals surface area (Å²) in [6.45, 7) is 1.15. The Hall–Kier alpha value is -2.00. The molecule has 3 N–H and O–H groups in total. The van der Waals surface area contributed by atoms with Crippen LogP contribution in [-0.2, 0) is 11.0 Å². The predicted molar refractivity (Wildman–Crippen MR) is 85.4 cm³/mol. The molecule has 0 bridgehead atoms. The molecular weight excluding hydrogens is 343 g/mol. The highest BCUT2D eigenvalue weighted by molar-refractivity contribution is 8.18. The van der Waals surface area contributed by atoms with E-state index < -0.39 is 22.9 Å². The van der Waals surface area contributed by atoms with Gasteiger partial charge in [-0.25, -0.2) is 0 Å². The van der Waals surface area contributed by atoms with Crippen LogP contribution in [0.4, 0.5) is 23.7 Å². The van der Waals surface area contributed by atoms with E-state index in [1.54, 1.807) is 0 Å². The number of anilines is 1. The summed E-state index contributed by atoms with van der Waals surface area (Å²) in [4.78, 5) is 24.9. The highest BCUT2D eigenvalue weighted by Gasteiger charge is 2.32. The maximum atomic E-state index is 13.0. The van der Waals surface area contributed by atoms with Crippen LogP contribution >= 0.6 is 11.8 Å². The third-order valence-corrected chi connectivity index (χ3v) is 4.66. The van der Waals surface area contributed by atoms with Crippen LogP contribution in [-0.4, -0.2) is 30.3 Å². The molecule has 2 amide bonds. The number of alkyl halides is 3. The zero-order valence-corrected chi connectivity index (χ0v) is 13.2. The van der Waals surface area contributed by atoms with Gasteiger partial charge in [0.15, 0.2) is 0 Å². The van der Waals surface area contributed by atoms with E-state index in [4.69, 9.17) is 5.73 Å². The number of thioether (sulfide) groups is 1. The Kier molecular flexibility index (Phi) is 4.31. The Labute approximate surface area is 140 Å². The molecule has 1 aromatic carbocycles. The van der Waals surface area contributed by atoms with Gasteiger partial charge in [0.05, 0.1) is 10.5 Å². The number of benzene rings is 1. The number of nitrogens with one attached hydrogen (secondary N) is 1. The van der Waals surface area contributed by atoms with Gasteiger partial charge in [-0.05, 0) is 48.0 Å². The summed E-state index contributed by atoms with van der Waals surface area (Å²) < 4.78 is 39.0. The largest absolute Gasteiger partial charge is 0.416 e. The van der Waals surface area contributed by atoms with E-state index in [0.717, 1.165) is 18.6 Å². The fraction of sp³-hybridized carbons (Fsp3) is 0.333. The molecule has 5 nitrogen and oxygen atoms in total. The summed E-state index contributed by atoms with van der Waals surface area (Å²) in [7, 11) is 0. The van der Waals surface area contributed by atoms with E-state index in [9.17, 15) is 22.8 Å². The van der Waals surface area contributed by atoms with Crippen LogP contribution in [0.25, 0.3) is 6.08 Å². The molecule has 9 heteroatoms. The van der Waals surface area contributed by atoms with E-state index in [1.807, 2.05) is 4.90 Å². The van der Waals surface area contributed by atoms with Crippen LogP contribution in [0.5, 0.6) is 0 Å². The van der Waals surface area contributed by atoms with Gasteiger partial charge in [0.25, 0.3) is 11.1 Å². The number of carbonyl (C=O) groups is 2. The Morgan fingerprint density at radius 1 is 1.33 bits per heavy atom. The number of carbonyl (C=O) groups excluding carboxylic acids is 2. The highest BCUT2D eigenvalue weighted by atomic mass is 32.2. The molecule has 2 heterocycles. The lowest BCUT2D eigenvalue weighted by molar-refractivity contribution is -0.137. The number of nitrogens with two attached hydrogens (primary N) is 1. The van der Waals surface area contributed by atoms with Crippen molar-refractivity contribution in [3.05, 3.63) is 34.2 Å². The van der Waals surface area contributed by atoms with Crippen molar-refractivity contribution in [3.63, 3.8) is 0 Å². The lowest BCUT2D eigenvalue weighted by Crippen LogP contribution is -2.26. The smallest absolute Gasteiger partial charge is 0.369 e. The molecule has 0 aliphatic carbocycles. The second kappa shape index (κ2) is 6.14. The van der Waals surface area contributed by atoms with Gasteiger partial charge in [-0.2, -0.15) is 13.2 Å². The third-order valence-electron chi connectivity index (χ3n) is 3.85. The Morgan fingerprint density at radius 2 is 2.08 bits per heavy atom. The van der Waals surface area contributed by atoms with Crippen molar-refractivity contribution in [1.82, 2.24) is 5.32 Å². The van der Waals surface area contributed by atoms with Gasteiger partial charge < -0.3 is 10.6 Å². The van der Waals surface area contributed by atoms with Crippen LogP contribution in [0.2, 0.25) is 0 Å². The molecule has 2 aliphatic rings. The van der Waals surface area contributed by atoms with E-state index in [-0.39, 0.29) is 16.5 Å². The first-order valence-corrected chi connectivity index (χ1v) is 8.02. The van der Waals surface area contributed by atoms with Crippen LogP contribution in [0, 0.1) is 0 Å². The molecule has 2 aliphatic heterocycles. The first-order chi connectivity index (χ1) is 11.2. The summed E-state index contributed by atoms with van der Waals surface area (Å²) in [5.74, 6) is -0.605.